The lowest BCUT2D eigenvalue weighted by Gasteiger charge is -2.42. The Morgan fingerprint density at radius 3 is 2.42 bits per heavy atom. The first-order valence-corrected chi connectivity index (χ1v) is 16.2. The number of benzene rings is 1. The summed E-state index contributed by atoms with van der Waals surface area (Å²) in [5.74, 6) is -1.96. The minimum Gasteiger partial charge on any atom is -0.465 e. The molecule has 0 unspecified atom stereocenters. The SMILES string of the molecule is CC(C)[C@H](NC(=O)O)C(=O)NCCN1CCN(c2cnc3c(cc(C(=O)NCc4ccc(Cl)cc4)c(=O)n3CC(=O)N3CC(C)(F)C3)n2)C1=O. The van der Waals surface area contributed by atoms with Crippen LogP contribution in [-0.4, -0.2) is 110 Å². The highest BCUT2D eigenvalue weighted by Gasteiger charge is 2.41. The zero-order valence-electron chi connectivity index (χ0n) is 27.6. The van der Waals surface area contributed by atoms with Crippen LogP contribution in [0.1, 0.15) is 36.7 Å². The van der Waals surface area contributed by atoms with Gasteiger partial charge in [-0.05, 0) is 36.6 Å². The molecule has 4 N–H and O–H groups in total. The number of pyridine rings is 1. The summed E-state index contributed by atoms with van der Waals surface area (Å²) < 4.78 is 15.2. The maximum Gasteiger partial charge on any atom is 0.405 e. The molecule has 2 aliphatic heterocycles. The number of nitrogens with zero attached hydrogens (tertiary/aromatic N) is 6. The minimum absolute atomic E-state index is 0.00854. The summed E-state index contributed by atoms with van der Waals surface area (Å²) in [6, 6.07) is 6.60. The van der Waals surface area contributed by atoms with Crippen LogP contribution in [0.5, 0.6) is 0 Å². The van der Waals surface area contributed by atoms with Crippen LogP contribution < -0.4 is 26.4 Å². The van der Waals surface area contributed by atoms with Crippen molar-refractivity contribution in [2.75, 3.05) is 44.2 Å². The number of carboxylic acid groups (broad SMARTS) is 1. The van der Waals surface area contributed by atoms with Crippen molar-refractivity contribution < 1.29 is 33.5 Å². The van der Waals surface area contributed by atoms with Crippen molar-refractivity contribution >= 4 is 58.4 Å². The van der Waals surface area contributed by atoms with Gasteiger partial charge in [-0.25, -0.2) is 23.9 Å². The molecule has 0 saturated carbocycles. The molecule has 2 aliphatic rings. The van der Waals surface area contributed by atoms with Crippen molar-refractivity contribution in [2.45, 2.75) is 45.6 Å². The van der Waals surface area contributed by atoms with Crippen LogP contribution in [-0.2, 0) is 22.7 Å². The van der Waals surface area contributed by atoms with Gasteiger partial charge in [0.1, 0.15) is 29.3 Å². The van der Waals surface area contributed by atoms with Crippen molar-refractivity contribution in [1.82, 2.24) is 40.3 Å². The molecular formula is C32H37ClFN9O7. The van der Waals surface area contributed by atoms with E-state index in [1.165, 1.54) is 33.9 Å². The summed E-state index contributed by atoms with van der Waals surface area (Å²) in [4.78, 5) is 89.9. The lowest BCUT2D eigenvalue weighted by molar-refractivity contribution is -0.144. The first-order valence-electron chi connectivity index (χ1n) is 15.9. The molecule has 0 spiro atoms. The number of alkyl halides is 1. The molecule has 18 heteroatoms. The summed E-state index contributed by atoms with van der Waals surface area (Å²) in [7, 11) is 0. The van der Waals surface area contributed by atoms with Gasteiger partial charge >= 0.3 is 12.1 Å². The molecule has 2 saturated heterocycles. The first-order chi connectivity index (χ1) is 23.6. The smallest absolute Gasteiger partial charge is 0.405 e. The number of hydrogen-bond donors (Lipinski definition) is 4. The molecule has 2 fully saturated rings. The summed E-state index contributed by atoms with van der Waals surface area (Å²) >= 11 is 5.95. The molecule has 266 valence electrons. The Morgan fingerprint density at radius 2 is 1.78 bits per heavy atom. The molecule has 1 atom stereocenters. The van der Waals surface area contributed by atoms with Crippen molar-refractivity contribution in [3.05, 3.63) is 63.0 Å². The molecule has 0 aliphatic carbocycles. The highest BCUT2D eigenvalue weighted by molar-refractivity contribution is 6.30. The van der Waals surface area contributed by atoms with Crippen molar-refractivity contribution in [3.63, 3.8) is 0 Å². The normalized spacial score (nSPS) is 16.0. The monoisotopic (exact) mass is 713 g/mol. The van der Waals surface area contributed by atoms with Gasteiger partial charge in [-0.3, -0.25) is 28.6 Å². The van der Waals surface area contributed by atoms with Crippen LogP contribution in [0, 0.1) is 5.92 Å². The molecule has 1 aromatic carbocycles. The molecule has 3 aromatic rings. The average Bonchev–Trinajstić information content (AvgIpc) is 3.42. The number of amides is 6. The zero-order valence-corrected chi connectivity index (χ0v) is 28.4. The number of likely N-dealkylation sites (tertiary alicyclic amines) is 1. The second-order valence-electron chi connectivity index (χ2n) is 12.7. The first kappa shape index (κ1) is 36.0. The molecule has 5 rings (SSSR count). The summed E-state index contributed by atoms with van der Waals surface area (Å²) in [6.07, 6.45) is -0.0466. The van der Waals surface area contributed by atoms with Crippen LogP contribution in [0.3, 0.4) is 0 Å². The van der Waals surface area contributed by atoms with E-state index in [1.54, 1.807) is 38.1 Å². The maximum atomic E-state index is 14.1. The maximum absolute atomic E-state index is 14.1. The number of anilines is 1. The Bertz CT molecular complexity index is 1880. The van der Waals surface area contributed by atoms with E-state index >= 15 is 0 Å². The Labute approximate surface area is 290 Å². The second-order valence-corrected chi connectivity index (χ2v) is 13.2. The van der Waals surface area contributed by atoms with Crippen molar-refractivity contribution in [2.24, 2.45) is 5.92 Å². The number of aromatic nitrogens is 3. The Balaban J connectivity index is 1.35. The standard InChI is InChI=1S/C32H37ClFN9O7/c1-18(2)25(39-30(48)49)28(46)35-8-9-40-10-11-42(31(40)50)23-14-36-26-22(38-23)12-21(27(45)37-13-19-4-6-20(33)7-5-19)29(47)43(26)15-24(44)41-16-32(3,34)17-41/h4-7,12,14,18,25,39H,8-11,13,15-17H2,1-3H3,(H,35,46)(H,37,45)(H,48,49)/t25-/m0/s1. The fourth-order valence-electron chi connectivity index (χ4n) is 5.71. The van der Waals surface area contributed by atoms with E-state index in [-0.39, 0.29) is 74.3 Å². The number of halogens is 2. The average molecular weight is 714 g/mol. The minimum atomic E-state index is -1.53. The highest BCUT2D eigenvalue weighted by atomic mass is 35.5. The molecule has 16 nitrogen and oxygen atoms in total. The number of fused-ring (bicyclic) bond motifs is 1. The third kappa shape index (κ3) is 8.10. The Hall–Kier alpha value is -5.32. The quantitative estimate of drug-likeness (QED) is 0.215. The molecule has 50 heavy (non-hydrogen) atoms. The third-order valence-corrected chi connectivity index (χ3v) is 8.61. The fourth-order valence-corrected chi connectivity index (χ4v) is 5.83. The van der Waals surface area contributed by atoms with Gasteiger partial charge in [-0.15, -0.1) is 0 Å². The Kier molecular flexibility index (Phi) is 10.5. The van der Waals surface area contributed by atoms with Crippen molar-refractivity contribution in [3.8, 4) is 0 Å². The van der Waals surface area contributed by atoms with E-state index in [1.807, 2.05) is 0 Å². The molecule has 0 bridgehead atoms. The van der Waals surface area contributed by atoms with Crippen LogP contribution in [0.15, 0.2) is 41.3 Å². The van der Waals surface area contributed by atoms with Crippen LogP contribution in [0.2, 0.25) is 5.02 Å². The lowest BCUT2D eigenvalue weighted by atomic mass is 9.99. The number of urea groups is 1. The van der Waals surface area contributed by atoms with E-state index in [2.05, 4.69) is 25.9 Å². The summed E-state index contributed by atoms with van der Waals surface area (Å²) in [5, 5.41) is 17.1. The number of hydrogen-bond acceptors (Lipinski definition) is 8. The van der Waals surface area contributed by atoms with Crippen molar-refractivity contribution in [1.29, 1.82) is 0 Å². The van der Waals surface area contributed by atoms with Crippen LogP contribution >= 0.6 is 11.6 Å². The van der Waals surface area contributed by atoms with E-state index < -0.39 is 53.7 Å². The third-order valence-electron chi connectivity index (χ3n) is 8.36. The van der Waals surface area contributed by atoms with Crippen LogP contribution in [0.25, 0.3) is 11.2 Å². The molecule has 6 amide bonds. The zero-order chi connectivity index (χ0) is 36.3. The fraction of sp³-hybridized carbons (Fsp3) is 0.438. The number of rotatable bonds is 12. The van der Waals surface area contributed by atoms with Gasteiger partial charge in [0, 0.05) is 37.7 Å². The topological polar surface area (TPSA) is 199 Å². The van der Waals surface area contributed by atoms with Gasteiger partial charge in [-0.2, -0.15) is 0 Å². The predicted molar refractivity (Wildman–Crippen MR) is 180 cm³/mol. The number of carbonyl (C=O) groups is 5. The largest absolute Gasteiger partial charge is 0.465 e. The van der Waals surface area contributed by atoms with Gasteiger partial charge in [0.05, 0.1) is 19.3 Å². The number of nitrogens with one attached hydrogen (secondary N) is 3. The molecule has 4 heterocycles. The Morgan fingerprint density at radius 1 is 1.08 bits per heavy atom. The van der Waals surface area contributed by atoms with Gasteiger partial charge in [0.25, 0.3) is 11.5 Å². The number of carbonyl (C=O) groups excluding carboxylic acids is 4. The highest BCUT2D eigenvalue weighted by Crippen LogP contribution is 2.25. The second kappa shape index (κ2) is 14.7. The molecule has 2 aromatic heterocycles. The summed E-state index contributed by atoms with van der Waals surface area (Å²) in [6.45, 7) is 4.77. The van der Waals surface area contributed by atoms with E-state index in [4.69, 9.17) is 16.7 Å². The van der Waals surface area contributed by atoms with E-state index in [9.17, 15) is 33.2 Å². The van der Waals surface area contributed by atoms with E-state index in [0.717, 1.165) is 10.1 Å². The van der Waals surface area contributed by atoms with Gasteiger partial charge in [-0.1, -0.05) is 37.6 Å². The van der Waals surface area contributed by atoms with Crippen LogP contribution in [0.4, 0.5) is 19.8 Å². The molecular weight excluding hydrogens is 677 g/mol. The van der Waals surface area contributed by atoms with Gasteiger partial charge in [0.15, 0.2) is 11.5 Å². The van der Waals surface area contributed by atoms with Gasteiger partial charge in [0.2, 0.25) is 11.8 Å². The molecule has 0 radical (unpaired) electrons. The lowest BCUT2D eigenvalue weighted by Crippen LogP contribution is -2.60. The van der Waals surface area contributed by atoms with E-state index in [0.29, 0.717) is 5.02 Å². The summed E-state index contributed by atoms with van der Waals surface area (Å²) in [5.41, 5.74) is -1.86. The van der Waals surface area contributed by atoms with Gasteiger partial charge < -0.3 is 30.9 Å². The predicted octanol–water partition coefficient (Wildman–Crippen LogP) is 1.60.